The minimum atomic E-state index is -0.594. The van der Waals surface area contributed by atoms with Crippen LogP contribution >= 0.6 is 11.8 Å². The van der Waals surface area contributed by atoms with Crippen LogP contribution in [0, 0.1) is 0 Å². The van der Waals surface area contributed by atoms with Crippen LogP contribution in [0.3, 0.4) is 0 Å². The molecule has 0 saturated heterocycles. The van der Waals surface area contributed by atoms with Gasteiger partial charge in [-0.2, -0.15) is 4.79 Å². The maximum Gasteiger partial charge on any atom is 0.417 e. The van der Waals surface area contributed by atoms with Crippen molar-refractivity contribution in [3.63, 3.8) is 0 Å². The molecule has 0 aliphatic heterocycles. The maximum atomic E-state index is 11.1. The van der Waals surface area contributed by atoms with E-state index in [2.05, 4.69) is 9.53 Å². The van der Waals surface area contributed by atoms with Crippen LogP contribution in [0.15, 0.2) is 30.3 Å². The van der Waals surface area contributed by atoms with Crippen molar-refractivity contribution in [1.29, 1.82) is 0 Å². The van der Waals surface area contributed by atoms with Gasteiger partial charge in [0.25, 0.3) is 0 Å². The third-order valence-corrected chi connectivity index (χ3v) is 2.91. The van der Waals surface area contributed by atoms with Gasteiger partial charge in [0.2, 0.25) is 0 Å². The minimum absolute atomic E-state index is 0.0310. The van der Waals surface area contributed by atoms with Crippen LogP contribution in [0.2, 0.25) is 0 Å². The molecule has 1 aromatic rings. The zero-order valence-corrected chi connectivity index (χ0v) is 9.74. The van der Waals surface area contributed by atoms with E-state index in [1.807, 2.05) is 30.3 Å². The zero-order valence-electron chi connectivity index (χ0n) is 8.92. The molecule has 0 N–H and O–H groups in total. The number of hydrogen-bond acceptors (Lipinski definition) is 3. The molecule has 0 amide bonds. The van der Waals surface area contributed by atoms with Gasteiger partial charge in [-0.25, -0.2) is 4.79 Å². The lowest BCUT2D eigenvalue weighted by Crippen LogP contribution is -2.19. The smallest absolute Gasteiger partial charge is 0.417 e. The number of carbonyl (C=O) groups is 1. The summed E-state index contributed by atoms with van der Waals surface area (Å²) in [4.78, 5) is 14.0. The first-order valence-electron chi connectivity index (χ1n) is 4.69. The predicted octanol–water partition coefficient (Wildman–Crippen LogP) is 1.76. The van der Waals surface area contributed by atoms with Gasteiger partial charge in [0.1, 0.15) is 5.75 Å². The second-order valence-electron chi connectivity index (χ2n) is 3.02. The second-order valence-corrected chi connectivity index (χ2v) is 4.00. The molecule has 0 radical (unpaired) electrons. The van der Waals surface area contributed by atoms with Gasteiger partial charge in [0, 0.05) is 5.75 Å². The van der Waals surface area contributed by atoms with E-state index >= 15 is 0 Å². The number of esters is 1. The third-order valence-electron chi connectivity index (χ3n) is 1.89. The molecule has 5 heteroatoms. The molecular weight excluding hydrogens is 224 g/mol. The maximum absolute atomic E-state index is 11.1. The van der Waals surface area contributed by atoms with Crippen LogP contribution in [0.25, 0.3) is 5.53 Å². The van der Waals surface area contributed by atoms with Crippen molar-refractivity contribution in [2.75, 3.05) is 12.9 Å². The molecule has 0 saturated carbocycles. The lowest BCUT2D eigenvalue weighted by atomic mass is 10.2. The fourth-order valence-corrected chi connectivity index (χ4v) is 1.99. The SMILES string of the molecule is COC(=O)C(CSCc1ccccc1)=[N+]=[N-]. The summed E-state index contributed by atoms with van der Waals surface area (Å²) in [5, 5.41) is 0. The molecular formula is C11H12N2O2S. The van der Waals surface area contributed by atoms with Gasteiger partial charge >= 0.3 is 11.7 Å². The third kappa shape index (κ3) is 3.88. The minimum Gasteiger partial charge on any atom is -0.460 e. The molecule has 84 valence electrons. The Balaban J connectivity index is 2.41. The first kappa shape index (κ1) is 12.5. The monoisotopic (exact) mass is 236 g/mol. The number of methoxy groups -OCH3 is 1. The van der Waals surface area contributed by atoms with Crippen LogP contribution in [0.5, 0.6) is 0 Å². The first-order chi connectivity index (χ1) is 7.77. The second kappa shape index (κ2) is 6.82. The predicted molar refractivity (Wildman–Crippen MR) is 63.2 cm³/mol. The fraction of sp³-hybridized carbons (Fsp3) is 0.273. The highest BCUT2D eigenvalue weighted by Crippen LogP contribution is 2.11. The lowest BCUT2D eigenvalue weighted by molar-refractivity contribution is -0.137. The van der Waals surface area contributed by atoms with Crippen LogP contribution in [-0.2, 0) is 15.3 Å². The zero-order chi connectivity index (χ0) is 11.8. The van der Waals surface area contributed by atoms with E-state index < -0.39 is 5.97 Å². The number of thioether (sulfide) groups is 1. The van der Waals surface area contributed by atoms with Gasteiger partial charge in [-0.15, -0.1) is 11.8 Å². The number of rotatable bonds is 5. The average Bonchev–Trinajstić information content (AvgIpc) is 2.35. The topological polar surface area (TPSA) is 62.7 Å². The van der Waals surface area contributed by atoms with E-state index in [0.29, 0.717) is 5.75 Å². The highest BCUT2D eigenvalue weighted by atomic mass is 32.2. The Labute approximate surface area is 98.2 Å². The first-order valence-corrected chi connectivity index (χ1v) is 5.84. The van der Waals surface area contributed by atoms with Crippen molar-refractivity contribution < 1.29 is 14.3 Å². The molecule has 4 nitrogen and oxygen atoms in total. The van der Waals surface area contributed by atoms with Gasteiger partial charge in [-0.3, -0.25) is 0 Å². The summed E-state index contributed by atoms with van der Waals surface area (Å²) in [6.45, 7) is 0. The number of carbonyl (C=O) groups excluding carboxylic acids is 1. The molecule has 0 aliphatic rings. The van der Waals surface area contributed by atoms with Crippen LogP contribution in [0.4, 0.5) is 0 Å². The molecule has 1 aromatic carbocycles. The fourth-order valence-electron chi connectivity index (χ4n) is 1.09. The van der Waals surface area contributed by atoms with Crippen LogP contribution in [-0.4, -0.2) is 29.3 Å². The summed E-state index contributed by atoms with van der Waals surface area (Å²) in [6, 6.07) is 9.86. The molecule has 0 spiro atoms. The van der Waals surface area contributed by atoms with E-state index in [-0.39, 0.29) is 5.71 Å². The van der Waals surface area contributed by atoms with E-state index in [0.717, 1.165) is 11.3 Å². The van der Waals surface area contributed by atoms with Crippen molar-refractivity contribution in [1.82, 2.24) is 0 Å². The molecule has 1 rings (SSSR count). The molecule has 0 bridgehead atoms. The highest BCUT2D eigenvalue weighted by Gasteiger charge is 2.20. The van der Waals surface area contributed by atoms with E-state index in [4.69, 9.17) is 5.53 Å². The Morgan fingerprint density at radius 2 is 2.12 bits per heavy atom. The number of benzene rings is 1. The Bertz CT molecular complexity index is 400. The Morgan fingerprint density at radius 1 is 1.44 bits per heavy atom. The average molecular weight is 236 g/mol. The molecule has 0 aliphatic carbocycles. The summed E-state index contributed by atoms with van der Waals surface area (Å²) in [7, 11) is 1.26. The van der Waals surface area contributed by atoms with Gasteiger partial charge in [-0.1, -0.05) is 30.3 Å². The van der Waals surface area contributed by atoms with Gasteiger partial charge < -0.3 is 10.3 Å². The summed E-state index contributed by atoms with van der Waals surface area (Å²) < 4.78 is 4.46. The summed E-state index contributed by atoms with van der Waals surface area (Å²) >= 11 is 1.49. The Morgan fingerprint density at radius 3 is 2.69 bits per heavy atom. The summed E-state index contributed by atoms with van der Waals surface area (Å²) in [6.07, 6.45) is 0. The van der Waals surface area contributed by atoms with Crippen molar-refractivity contribution in [2.24, 2.45) is 0 Å². The van der Waals surface area contributed by atoms with Crippen molar-refractivity contribution in [3.05, 3.63) is 41.4 Å². The summed E-state index contributed by atoms with van der Waals surface area (Å²) in [5.41, 5.74) is 9.79. The molecule has 0 atom stereocenters. The van der Waals surface area contributed by atoms with E-state index in [1.54, 1.807) is 0 Å². The van der Waals surface area contributed by atoms with E-state index in [9.17, 15) is 4.79 Å². The molecule has 0 aromatic heterocycles. The Hall–Kier alpha value is -1.58. The normalized spacial score (nSPS) is 9.31. The summed E-state index contributed by atoms with van der Waals surface area (Å²) in [5.74, 6) is 0.498. The van der Waals surface area contributed by atoms with Gasteiger partial charge in [0.15, 0.2) is 0 Å². The molecule has 0 fully saturated rings. The van der Waals surface area contributed by atoms with Crippen LogP contribution in [0.1, 0.15) is 5.56 Å². The molecule has 16 heavy (non-hydrogen) atoms. The largest absolute Gasteiger partial charge is 0.460 e. The quantitative estimate of drug-likeness (QED) is 0.339. The Kier molecular flexibility index (Phi) is 5.32. The standard InChI is InChI=1S/C11H12N2O2S/c1-15-11(14)10(13-12)8-16-7-9-5-3-2-4-6-9/h2-6H,7-8H2,1H3. The highest BCUT2D eigenvalue weighted by molar-refractivity contribution is 7.99. The van der Waals surface area contributed by atoms with Crippen LogP contribution < -0.4 is 0 Å². The van der Waals surface area contributed by atoms with Crippen molar-refractivity contribution in [3.8, 4) is 0 Å². The van der Waals surface area contributed by atoms with Crippen molar-refractivity contribution in [2.45, 2.75) is 5.75 Å². The van der Waals surface area contributed by atoms with Gasteiger partial charge in [0.05, 0.1) is 7.11 Å². The molecule has 0 unspecified atom stereocenters. The van der Waals surface area contributed by atoms with E-state index in [1.165, 1.54) is 18.9 Å². The van der Waals surface area contributed by atoms with Crippen molar-refractivity contribution >= 4 is 23.4 Å². The van der Waals surface area contributed by atoms with Gasteiger partial charge in [-0.05, 0) is 5.56 Å². The molecule has 0 heterocycles. The lowest BCUT2D eigenvalue weighted by Gasteiger charge is -1.98. The number of hydrogen-bond donors (Lipinski definition) is 0. The number of nitrogens with zero attached hydrogens (tertiary/aromatic N) is 2. The number of ether oxygens (including phenoxy) is 1.